The molecule has 0 bridgehead atoms. The highest BCUT2D eigenvalue weighted by molar-refractivity contribution is 8.01. The molecule has 0 atom stereocenters. The largest absolute Gasteiger partial charge is 0.462 e. The van der Waals surface area contributed by atoms with E-state index in [2.05, 4.69) is 10.3 Å². The molecule has 2 aromatic carbocycles. The quantitative estimate of drug-likeness (QED) is 0.263. The predicted molar refractivity (Wildman–Crippen MR) is 118 cm³/mol. The maximum Gasteiger partial charge on any atom is 0.338 e. The zero-order valence-corrected chi connectivity index (χ0v) is 18.0. The zero-order valence-electron chi connectivity index (χ0n) is 16.4. The lowest BCUT2D eigenvalue weighted by Crippen LogP contribution is -2.14. The van der Waals surface area contributed by atoms with Gasteiger partial charge in [0.2, 0.25) is 5.91 Å². The number of carbonyl (C=O) groups is 2. The van der Waals surface area contributed by atoms with Crippen LogP contribution in [0.25, 0.3) is 11.3 Å². The molecule has 3 rings (SSSR count). The number of aromatic nitrogens is 1. The van der Waals surface area contributed by atoms with Crippen molar-refractivity contribution < 1.29 is 18.7 Å². The molecule has 5 nitrogen and oxygen atoms in total. The first-order chi connectivity index (χ1) is 14.5. The molecule has 0 saturated heterocycles. The molecule has 1 heterocycles. The minimum Gasteiger partial charge on any atom is -0.462 e. The number of amides is 1. The Morgan fingerprint density at radius 3 is 2.57 bits per heavy atom. The first-order valence-electron chi connectivity index (χ1n) is 9.46. The number of esters is 1. The number of thiazole rings is 1. The Balaban J connectivity index is 1.48. The number of benzene rings is 2. The highest BCUT2D eigenvalue weighted by Crippen LogP contribution is 2.28. The molecule has 0 aliphatic carbocycles. The van der Waals surface area contributed by atoms with E-state index in [1.165, 1.54) is 35.2 Å². The van der Waals surface area contributed by atoms with Gasteiger partial charge in [-0.05, 0) is 55.0 Å². The van der Waals surface area contributed by atoms with Crippen LogP contribution in [0.15, 0.2) is 58.3 Å². The van der Waals surface area contributed by atoms with Crippen molar-refractivity contribution >= 4 is 40.7 Å². The second kappa shape index (κ2) is 10.9. The Bertz CT molecular complexity index is 988. The Labute approximate surface area is 182 Å². The predicted octanol–water partition coefficient (Wildman–Crippen LogP) is 5.64. The summed E-state index contributed by atoms with van der Waals surface area (Å²) in [6.45, 7) is 2.44. The molecule has 1 aromatic heterocycles. The van der Waals surface area contributed by atoms with Crippen LogP contribution in [0.1, 0.15) is 30.1 Å². The number of unbranched alkanes of at least 4 members (excludes halogenated alkanes) is 1. The molecule has 8 heteroatoms. The fourth-order valence-corrected chi connectivity index (χ4v) is 4.12. The van der Waals surface area contributed by atoms with Crippen LogP contribution in [0.4, 0.5) is 10.1 Å². The van der Waals surface area contributed by atoms with Crippen LogP contribution in [0.3, 0.4) is 0 Å². The maximum absolute atomic E-state index is 13.0. The number of halogens is 1. The molecule has 156 valence electrons. The van der Waals surface area contributed by atoms with E-state index in [1.54, 1.807) is 36.4 Å². The van der Waals surface area contributed by atoms with E-state index in [9.17, 15) is 14.0 Å². The van der Waals surface area contributed by atoms with Gasteiger partial charge in [-0.1, -0.05) is 25.1 Å². The van der Waals surface area contributed by atoms with E-state index < -0.39 is 0 Å². The van der Waals surface area contributed by atoms with E-state index >= 15 is 0 Å². The van der Waals surface area contributed by atoms with Gasteiger partial charge in [0, 0.05) is 16.6 Å². The van der Waals surface area contributed by atoms with Gasteiger partial charge in [-0.3, -0.25) is 4.79 Å². The molecule has 0 spiro atoms. The third kappa shape index (κ3) is 6.40. The van der Waals surface area contributed by atoms with Gasteiger partial charge in [-0.15, -0.1) is 11.3 Å². The SMILES string of the molecule is CCCCOC(=O)c1ccc(NC(=O)CSc2nc(-c3ccc(F)cc3)cs2)cc1. The van der Waals surface area contributed by atoms with Gasteiger partial charge in [0.25, 0.3) is 0 Å². The van der Waals surface area contributed by atoms with Gasteiger partial charge in [0.05, 0.1) is 23.6 Å². The Morgan fingerprint density at radius 1 is 1.13 bits per heavy atom. The maximum atomic E-state index is 13.0. The van der Waals surface area contributed by atoms with Crippen molar-refractivity contribution in [2.45, 2.75) is 24.1 Å². The highest BCUT2D eigenvalue weighted by atomic mass is 32.2. The molecule has 0 radical (unpaired) electrons. The standard InChI is InChI=1S/C22H21FN2O3S2/c1-2-3-12-28-21(27)16-6-10-18(11-7-16)24-20(26)14-30-22-25-19(13-29-22)15-4-8-17(23)9-5-15/h4-11,13H,2-3,12,14H2,1H3,(H,24,26). The topological polar surface area (TPSA) is 68.3 Å². The first kappa shape index (κ1) is 22.0. The Morgan fingerprint density at radius 2 is 1.87 bits per heavy atom. The highest BCUT2D eigenvalue weighted by Gasteiger charge is 2.10. The molecule has 0 unspecified atom stereocenters. The molecule has 0 fully saturated rings. The van der Waals surface area contributed by atoms with E-state index in [1.807, 2.05) is 12.3 Å². The number of hydrogen-bond acceptors (Lipinski definition) is 6. The van der Waals surface area contributed by atoms with Gasteiger partial charge >= 0.3 is 5.97 Å². The average molecular weight is 445 g/mol. The fourth-order valence-electron chi connectivity index (χ4n) is 2.48. The van der Waals surface area contributed by atoms with Crippen molar-refractivity contribution in [3.05, 3.63) is 65.3 Å². The summed E-state index contributed by atoms with van der Waals surface area (Å²) in [6.07, 6.45) is 1.80. The van der Waals surface area contributed by atoms with Crippen LogP contribution < -0.4 is 5.32 Å². The Kier molecular flexibility index (Phi) is 7.98. The number of anilines is 1. The first-order valence-corrected chi connectivity index (χ1v) is 11.3. The van der Waals surface area contributed by atoms with Crippen molar-refractivity contribution in [1.29, 1.82) is 0 Å². The molecule has 0 saturated carbocycles. The third-order valence-electron chi connectivity index (χ3n) is 4.09. The minimum atomic E-state index is -0.363. The monoisotopic (exact) mass is 444 g/mol. The second-order valence-corrected chi connectivity index (χ2v) is 8.49. The number of nitrogens with one attached hydrogen (secondary N) is 1. The lowest BCUT2D eigenvalue weighted by atomic mass is 10.2. The van der Waals surface area contributed by atoms with Crippen molar-refractivity contribution in [2.24, 2.45) is 0 Å². The fraction of sp³-hybridized carbons (Fsp3) is 0.227. The smallest absolute Gasteiger partial charge is 0.338 e. The van der Waals surface area contributed by atoms with Crippen LogP contribution >= 0.6 is 23.1 Å². The number of carbonyl (C=O) groups excluding carboxylic acids is 2. The number of ether oxygens (including phenoxy) is 1. The summed E-state index contributed by atoms with van der Waals surface area (Å²) >= 11 is 2.77. The van der Waals surface area contributed by atoms with E-state index in [0.29, 0.717) is 17.9 Å². The van der Waals surface area contributed by atoms with Crippen molar-refractivity contribution in [3.8, 4) is 11.3 Å². The normalized spacial score (nSPS) is 10.6. The van der Waals surface area contributed by atoms with Crippen molar-refractivity contribution in [1.82, 2.24) is 4.98 Å². The van der Waals surface area contributed by atoms with E-state index in [4.69, 9.17) is 4.74 Å². The summed E-state index contributed by atoms with van der Waals surface area (Å²) in [4.78, 5) is 28.6. The number of hydrogen-bond donors (Lipinski definition) is 1. The lowest BCUT2D eigenvalue weighted by molar-refractivity contribution is -0.113. The molecule has 1 amide bonds. The lowest BCUT2D eigenvalue weighted by Gasteiger charge is -2.06. The van der Waals surface area contributed by atoms with Gasteiger partial charge in [-0.2, -0.15) is 0 Å². The number of rotatable bonds is 9. The number of nitrogens with zero attached hydrogens (tertiary/aromatic N) is 1. The van der Waals surface area contributed by atoms with Crippen molar-refractivity contribution in [3.63, 3.8) is 0 Å². The van der Waals surface area contributed by atoms with Gasteiger partial charge in [0.15, 0.2) is 4.34 Å². The molecule has 30 heavy (non-hydrogen) atoms. The summed E-state index contributed by atoms with van der Waals surface area (Å²) < 4.78 is 19.0. The molecule has 0 aliphatic rings. The number of thioether (sulfide) groups is 1. The average Bonchev–Trinajstić information content (AvgIpc) is 3.22. The summed E-state index contributed by atoms with van der Waals surface area (Å²) in [5.41, 5.74) is 2.65. The summed E-state index contributed by atoms with van der Waals surface area (Å²) in [5, 5.41) is 4.68. The molecular weight excluding hydrogens is 423 g/mol. The second-order valence-electron chi connectivity index (χ2n) is 6.41. The zero-order chi connectivity index (χ0) is 21.3. The van der Waals surface area contributed by atoms with Crippen LogP contribution in [0, 0.1) is 5.82 Å². The summed E-state index contributed by atoms with van der Waals surface area (Å²) in [5.74, 6) is -0.618. The van der Waals surface area contributed by atoms with Crippen LogP contribution in [0.5, 0.6) is 0 Å². The third-order valence-corrected chi connectivity index (χ3v) is 6.11. The Hall–Kier alpha value is -2.71. The van der Waals surface area contributed by atoms with Crippen LogP contribution in [-0.4, -0.2) is 29.2 Å². The molecule has 0 aliphatic heterocycles. The van der Waals surface area contributed by atoms with Gasteiger partial charge in [-0.25, -0.2) is 14.2 Å². The van der Waals surface area contributed by atoms with E-state index in [0.717, 1.165) is 28.4 Å². The summed E-state index contributed by atoms with van der Waals surface area (Å²) in [6, 6.07) is 12.8. The van der Waals surface area contributed by atoms with Crippen molar-refractivity contribution in [2.75, 3.05) is 17.7 Å². The van der Waals surface area contributed by atoms with Crippen LogP contribution in [0.2, 0.25) is 0 Å². The molecule has 3 aromatic rings. The van der Waals surface area contributed by atoms with Crippen LogP contribution in [-0.2, 0) is 9.53 Å². The minimum absolute atomic E-state index is 0.170. The van der Waals surface area contributed by atoms with Gasteiger partial charge < -0.3 is 10.1 Å². The molecule has 1 N–H and O–H groups in total. The van der Waals surface area contributed by atoms with E-state index in [-0.39, 0.29) is 23.4 Å². The summed E-state index contributed by atoms with van der Waals surface area (Å²) in [7, 11) is 0. The van der Waals surface area contributed by atoms with Gasteiger partial charge in [0.1, 0.15) is 5.82 Å². The molecular formula is C22H21FN2O3S2.